The second kappa shape index (κ2) is 11.9. The molecule has 2 heterocycles. The van der Waals surface area contributed by atoms with Gasteiger partial charge in [-0.15, -0.1) is 0 Å². The van der Waals surface area contributed by atoms with Gasteiger partial charge in [0.05, 0.1) is 17.7 Å². The van der Waals surface area contributed by atoms with Crippen LogP contribution in [-0.2, 0) is 17.9 Å². The number of carbonyl (C=O) groups is 1. The quantitative estimate of drug-likeness (QED) is 0.194. The Bertz CT molecular complexity index is 1700. The first kappa shape index (κ1) is 27.9. The number of benzene rings is 4. The van der Waals surface area contributed by atoms with Crippen LogP contribution in [0.15, 0.2) is 97.2 Å². The van der Waals surface area contributed by atoms with E-state index in [-0.39, 0.29) is 0 Å². The number of aromatic nitrogens is 1. The minimum absolute atomic E-state index is 0.318. The molecule has 1 aliphatic heterocycles. The summed E-state index contributed by atoms with van der Waals surface area (Å²) in [6.07, 6.45) is -4.08. The minimum atomic E-state index is -1.62. The van der Waals surface area contributed by atoms with E-state index in [4.69, 9.17) is 9.47 Å². The molecule has 4 aromatic carbocycles. The molecule has 0 radical (unpaired) electrons. The summed E-state index contributed by atoms with van der Waals surface area (Å²) in [7, 11) is 0. The third-order valence-corrected chi connectivity index (χ3v) is 7.71. The lowest BCUT2D eigenvalue weighted by Crippen LogP contribution is -2.64. The summed E-state index contributed by atoms with van der Waals surface area (Å²) in [5.74, 6) is 0.0810. The van der Waals surface area contributed by atoms with E-state index < -0.39 is 43.2 Å². The fourth-order valence-electron chi connectivity index (χ4n) is 5.43. The fourth-order valence-corrected chi connectivity index (χ4v) is 5.43. The van der Waals surface area contributed by atoms with Gasteiger partial charge < -0.3 is 39.8 Å². The highest BCUT2D eigenvalue weighted by molar-refractivity contribution is 6.07. The van der Waals surface area contributed by atoms with Crippen LogP contribution in [0, 0.1) is 0 Å². The van der Waals surface area contributed by atoms with Crippen LogP contribution in [-0.4, -0.2) is 68.2 Å². The second-order valence-electron chi connectivity index (χ2n) is 10.5. The van der Waals surface area contributed by atoms with E-state index in [2.05, 4.69) is 35.6 Å². The summed E-state index contributed by atoms with van der Waals surface area (Å²) in [6, 6.07) is 28.4. The highest BCUT2D eigenvalue weighted by Gasteiger charge is 2.44. The number of fused-ring (bicyclic) bond motifs is 2. The zero-order chi connectivity index (χ0) is 29.2. The van der Waals surface area contributed by atoms with Crippen LogP contribution in [0.4, 0.5) is 0 Å². The molecule has 1 aromatic heterocycles. The summed E-state index contributed by atoms with van der Waals surface area (Å²) in [6.45, 7) is 0.276. The molecule has 1 amide bonds. The molecule has 0 bridgehead atoms. The number of rotatable bonds is 8. The van der Waals surface area contributed by atoms with Gasteiger partial charge in [0.1, 0.15) is 36.7 Å². The second-order valence-corrected chi connectivity index (χ2v) is 10.5. The number of hydrogen-bond donors (Lipinski definition) is 5. The molecule has 6 rings (SSSR count). The summed E-state index contributed by atoms with van der Waals surface area (Å²) >= 11 is 0. The molecule has 0 spiro atoms. The van der Waals surface area contributed by atoms with Gasteiger partial charge in [0.15, 0.2) is 6.29 Å². The van der Waals surface area contributed by atoms with Crippen LogP contribution in [0.5, 0.6) is 5.75 Å². The van der Waals surface area contributed by atoms with Gasteiger partial charge in [-0.1, -0.05) is 66.7 Å². The van der Waals surface area contributed by atoms with Crippen molar-refractivity contribution in [3.05, 3.63) is 114 Å². The molecule has 1 aliphatic rings. The van der Waals surface area contributed by atoms with Crippen molar-refractivity contribution in [2.75, 3.05) is 6.61 Å². The van der Waals surface area contributed by atoms with Gasteiger partial charge in [0.2, 0.25) is 0 Å². The van der Waals surface area contributed by atoms with E-state index >= 15 is 0 Å². The topological polar surface area (TPSA) is 133 Å². The first-order chi connectivity index (χ1) is 20.4. The number of ether oxygens (including phenoxy) is 2. The monoisotopic (exact) mass is 568 g/mol. The lowest BCUT2D eigenvalue weighted by Gasteiger charge is -2.40. The van der Waals surface area contributed by atoms with E-state index in [1.807, 2.05) is 59.2 Å². The van der Waals surface area contributed by atoms with Crippen molar-refractivity contribution < 1.29 is 34.7 Å². The largest absolute Gasteiger partial charge is 0.489 e. The zero-order valence-electron chi connectivity index (χ0n) is 22.7. The predicted octanol–water partition coefficient (Wildman–Crippen LogP) is 2.95. The lowest BCUT2D eigenvalue weighted by atomic mass is 9.96. The number of aliphatic hydroxyl groups excluding tert-OH is 4. The van der Waals surface area contributed by atoms with Gasteiger partial charge in [0.25, 0.3) is 5.91 Å². The first-order valence-electron chi connectivity index (χ1n) is 13.8. The van der Waals surface area contributed by atoms with Crippen molar-refractivity contribution in [1.82, 2.24) is 9.88 Å². The summed E-state index contributed by atoms with van der Waals surface area (Å²) in [4.78, 5) is 13.5. The van der Waals surface area contributed by atoms with Gasteiger partial charge in [-0.25, -0.2) is 0 Å². The number of nitrogens with one attached hydrogen (secondary N) is 1. The van der Waals surface area contributed by atoms with Gasteiger partial charge in [-0.2, -0.15) is 0 Å². The molecule has 1 saturated heterocycles. The maximum atomic E-state index is 13.5. The van der Waals surface area contributed by atoms with Crippen LogP contribution in [0.25, 0.3) is 21.7 Å². The van der Waals surface area contributed by atoms with E-state index in [9.17, 15) is 25.2 Å². The Morgan fingerprint density at radius 3 is 2.40 bits per heavy atom. The maximum absolute atomic E-state index is 13.5. The number of nitrogens with zero attached hydrogens (tertiary/aromatic N) is 1. The van der Waals surface area contributed by atoms with Gasteiger partial charge in [0, 0.05) is 24.2 Å². The molecule has 42 heavy (non-hydrogen) atoms. The van der Waals surface area contributed by atoms with Gasteiger partial charge in [-0.3, -0.25) is 4.79 Å². The normalized spacial score (nSPS) is 22.3. The molecule has 1 unspecified atom stereocenters. The van der Waals surface area contributed by atoms with Crippen molar-refractivity contribution >= 4 is 27.6 Å². The van der Waals surface area contributed by atoms with E-state index in [1.165, 1.54) is 0 Å². The molecule has 9 nitrogen and oxygen atoms in total. The van der Waals surface area contributed by atoms with Crippen LogP contribution in [0.3, 0.4) is 0 Å². The van der Waals surface area contributed by atoms with Crippen LogP contribution < -0.4 is 10.1 Å². The molecule has 5 atom stereocenters. The summed E-state index contributed by atoms with van der Waals surface area (Å²) in [5, 5.41) is 46.1. The molecule has 5 aromatic rings. The Morgan fingerprint density at radius 2 is 1.62 bits per heavy atom. The molecule has 5 N–H and O–H groups in total. The van der Waals surface area contributed by atoms with Crippen molar-refractivity contribution in [2.45, 2.75) is 43.8 Å². The number of aliphatic hydroxyl groups is 4. The van der Waals surface area contributed by atoms with Crippen molar-refractivity contribution in [1.29, 1.82) is 0 Å². The molecule has 9 heteroatoms. The Balaban J connectivity index is 1.32. The molecule has 1 fully saturated rings. The average molecular weight is 569 g/mol. The number of hydrogen-bond acceptors (Lipinski definition) is 7. The van der Waals surface area contributed by atoms with Gasteiger partial charge in [-0.05, 0) is 40.1 Å². The van der Waals surface area contributed by atoms with Crippen molar-refractivity contribution in [3.8, 4) is 5.75 Å². The number of amides is 1. The molecular formula is C33H32N2O7. The third kappa shape index (κ3) is 5.61. The smallest absolute Gasteiger partial charge is 0.253 e. The zero-order valence-corrected chi connectivity index (χ0v) is 22.7. The lowest BCUT2D eigenvalue weighted by molar-refractivity contribution is -0.252. The van der Waals surface area contributed by atoms with Crippen molar-refractivity contribution in [3.63, 3.8) is 0 Å². The maximum Gasteiger partial charge on any atom is 0.253 e. The minimum Gasteiger partial charge on any atom is -0.489 e. The summed E-state index contributed by atoms with van der Waals surface area (Å²) < 4.78 is 13.2. The van der Waals surface area contributed by atoms with Crippen molar-refractivity contribution in [2.24, 2.45) is 0 Å². The molecule has 216 valence electrons. The summed E-state index contributed by atoms with van der Waals surface area (Å²) in [5.41, 5.74) is 3.15. The predicted molar refractivity (Wildman–Crippen MR) is 157 cm³/mol. The standard InChI is InChI=1S/C33H32N2O7/c36-18-28-30(37)31(38)29(33(40)42-28)34-32(39)26-17-35(16-21-10-11-22-8-4-5-9-23(22)14-21)27-15-24(12-13-25(26)27)41-19-20-6-2-1-3-7-20/h1-15,17,28-31,33,36-38,40H,16,18-19H2,(H,34,39)/t28-,29-,30-,31-,33?/m1/s1. The Labute approximate surface area is 242 Å². The van der Waals surface area contributed by atoms with Crippen LogP contribution >= 0.6 is 0 Å². The van der Waals surface area contributed by atoms with Crippen LogP contribution in [0.2, 0.25) is 0 Å². The molecule has 0 aliphatic carbocycles. The Kier molecular flexibility index (Phi) is 7.92. The fraction of sp³-hybridized carbons (Fsp3) is 0.242. The van der Waals surface area contributed by atoms with Crippen LogP contribution in [0.1, 0.15) is 21.5 Å². The Morgan fingerprint density at radius 1 is 0.857 bits per heavy atom. The molecular weight excluding hydrogens is 536 g/mol. The van der Waals surface area contributed by atoms with E-state index in [0.29, 0.717) is 29.9 Å². The van der Waals surface area contributed by atoms with Gasteiger partial charge >= 0.3 is 0 Å². The van der Waals surface area contributed by atoms with E-state index in [1.54, 1.807) is 12.3 Å². The SMILES string of the molecule is O=C(N[C@H]1C(O)O[C@H](CO)[C@@H](O)[C@@H]1O)c1cn(Cc2ccc3ccccc3c2)c2cc(OCc3ccccc3)ccc12. The molecule has 0 saturated carbocycles. The number of carbonyl (C=O) groups excluding carboxylic acids is 1. The highest BCUT2D eigenvalue weighted by atomic mass is 16.6. The first-order valence-corrected chi connectivity index (χ1v) is 13.8. The van der Waals surface area contributed by atoms with E-state index in [0.717, 1.165) is 27.4 Å². The highest BCUT2D eigenvalue weighted by Crippen LogP contribution is 2.29. The third-order valence-electron chi connectivity index (χ3n) is 7.71. The average Bonchev–Trinajstić information content (AvgIpc) is 3.37. The Hall–Kier alpha value is -4.25.